The number of halogens is 4. The highest BCUT2D eigenvalue weighted by molar-refractivity contribution is 5.98. The standard InChI is InChI=1S/C22H19F4NO3/c23-16-6-7-18(24)17(13-16)21(29)15-9-11-27(12-10-15)20(28)8-5-14-3-1-2-4-19(14)30-22(25)26/h1-8,13,15,22H,9-12H2/b8-5+. The van der Waals surface area contributed by atoms with E-state index in [-0.39, 0.29) is 30.3 Å². The van der Waals surface area contributed by atoms with Gasteiger partial charge in [-0.25, -0.2) is 8.78 Å². The molecule has 1 fully saturated rings. The van der Waals surface area contributed by atoms with Crippen LogP contribution < -0.4 is 4.74 Å². The predicted octanol–water partition coefficient (Wildman–Crippen LogP) is 4.70. The maximum absolute atomic E-state index is 13.8. The lowest BCUT2D eigenvalue weighted by Crippen LogP contribution is -2.39. The Morgan fingerprint density at radius 1 is 1.07 bits per heavy atom. The summed E-state index contributed by atoms with van der Waals surface area (Å²) in [6, 6.07) is 8.84. The molecular formula is C22H19F4NO3. The highest BCUT2D eigenvalue weighted by Gasteiger charge is 2.29. The molecule has 0 bridgehead atoms. The molecule has 1 amide bonds. The van der Waals surface area contributed by atoms with Crippen molar-refractivity contribution in [1.82, 2.24) is 4.90 Å². The van der Waals surface area contributed by atoms with Gasteiger partial charge in [0.15, 0.2) is 5.78 Å². The fraction of sp³-hybridized carbons (Fsp3) is 0.273. The van der Waals surface area contributed by atoms with Crippen LogP contribution in [0.1, 0.15) is 28.8 Å². The number of amides is 1. The number of para-hydroxylation sites is 1. The van der Waals surface area contributed by atoms with Crippen LogP contribution in [-0.2, 0) is 4.79 Å². The number of benzene rings is 2. The third-order valence-corrected chi connectivity index (χ3v) is 4.91. The van der Waals surface area contributed by atoms with Gasteiger partial charge in [-0.2, -0.15) is 8.78 Å². The summed E-state index contributed by atoms with van der Waals surface area (Å²) in [7, 11) is 0. The fourth-order valence-electron chi connectivity index (χ4n) is 3.36. The van der Waals surface area contributed by atoms with Gasteiger partial charge >= 0.3 is 6.61 Å². The number of carbonyl (C=O) groups is 2. The van der Waals surface area contributed by atoms with E-state index < -0.39 is 29.9 Å². The summed E-state index contributed by atoms with van der Waals surface area (Å²) in [5, 5.41) is 0. The summed E-state index contributed by atoms with van der Waals surface area (Å²) < 4.78 is 56.5. The van der Waals surface area contributed by atoms with E-state index in [2.05, 4.69) is 4.74 Å². The maximum atomic E-state index is 13.8. The molecule has 0 aromatic heterocycles. The molecule has 3 rings (SSSR count). The van der Waals surface area contributed by atoms with Crippen LogP contribution in [0.2, 0.25) is 0 Å². The van der Waals surface area contributed by atoms with E-state index in [0.717, 1.165) is 18.2 Å². The number of nitrogens with zero attached hydrogens (tertiary/aromatic N) is 1. The molecule has 0 aliphatic carbocycles. The minimum Gasteiger partial charge on any atom is -0.434 e. The van der Waals surface area contributed by atoms with Gasteiger partial charge < -0.3 is 9.64 Å². The van der Waals surface area contributed by atoms with Gasteiger partial charge in [-0.1, -0.05) is 18.2 Å². The van der Waals surface area contributed by atoms with Crippen LogP contribution >= 0.6 is 0 Å². The quantitative estimate of drug-likeness (QED) is 0.386. The second-order valence-electron chi connectivity index (χ2n) is 6.84. The molecular weight excluding hydrogens is 402 g/mol. The number of hydrogen-bond donors (Lipinski definition) is 0. The van der Waals surface area contributed by atoms with Gasteiger partial charge in [0.2, 0.25) is 5.91 Å². The van der Waals surface area contributed by atoms with Gasteiger partial charge in [-0.15, -0.1) is 0 Å². The number of rotatable bonds is 6. The molecule has 4 nitrogen and oxygen atoms in total. The first-order valence-corrected chi connectivity index (χ1v) is 9.35. The summed E-state index contributed by atoms with van der Waals surface area (Å²) in [6.07, 6.45) is 3.28. The Balaban J connectivity index is 1.60. The lowest BCUT2D eigenvalue weighted by atomic mass is 9.88. The molecule has 0 spiro atoms. The Kier molecular flexibility index (Phi) is 6.87. The van der Waals surface area contributed by atoms with Crippen molar-refractivity contribution in [2.24, 2.45) is 5.92 Å². The number of piperidine rings is 1. The van der Waals surface area contributed by atoms with Gasteiger partial charge in [-0.3, -0.25) is 9.59 Å². The van der Waals surface area contributed by atoms with Crippen molar-refractivity contribution in [2.75, 3.05) is 13.1 Å². The van der Waals surface area contributed by atoms with Crippen LogP contribution in [0.25, 0.3) is 6.08 Å². The highest BCUT2D eigenvalue weighted by Crippen LogP contribution is 2.25. The monoisotopic (exact) mass is 421 g/mol. The molecule has 0 radical (unpaired) electrons. The lowest BCUT2D eigenvalue weighted by Gasteiger charge is -2.30. The van der Waals surface area contributed by atoms with E-state index in [1.165, 1.54) is 23.1 Å². The number of ether oxygens (including phenoxy) is 1. The molecule has 30 heavy (non-hydrogen) atoms. The topological polar surface area (TPSA) is 46.6 Å². The minimum absolute atomic E-state index is 0.0435. The normalized spacial score (nSPS) is 15.0. The largest absolute Gasteiger partial charge is 0.434 e. The van der Waals surface area contributed by atoms with E-state index in [9.17, 15) is 27.2 Å². The van der Waals surface area contributed by atoms with E-state index >= 15 is 0 Å². The van der Waals surface area contributed by atoms with Crippen molar-refractivity contribution in [3.8, 4) is 5.75 Å². The van der Waals surface area contributed by atoms with Crippen molar-refractivity contribution in [3.63, 3.8) is 0 Å². The van der Waals surface area contributed by atoms with Gasteiger partial charge in [0, 0.05) is 30.6 Å². The smallest absolute Gasteiger partial charge is 0.387 e. The van der Waals surface area contributed by atoms with Crippen LogP contribution in [0.5, 0.6) is 5.75 Å². The average molecular weight is 421 g/mol. The van der Waals surface area contributed by atoms with Crippen molar-refractivity contribution in [3.05, 3.63) is 71.3 Å². The minimum atomic E-state index is -2.98. The lowest BCUT2D eigenvalue weighted by molar-refractivity contribution is -0.127. The Morgan fingerprint density at radius 2 is 1.77 bits per heavy atom. The first-order valence-electron chi connectivity index (χ1n) is 9.35. The molecule has 2 aromatic rings. The molecule has 0 atom stereocenters. The third kappa shape index (κ3) is 5.25. The Labute approximate surface area is 170 Å². The molecule has 1 saturated heterocycles. The van der Waals surface area contributed by atoms with E-state index in [1.54, 1.807) is 18.2 Å². The summed E-state index contributed by atoms with van der Waals surface area (Å²) in [6.45, 7) is -2.44. The van der Waals surface area contributed by atoms with Crippen LogP contribution in [-0.4, -0.2) is 36.3 Å². The molecule has 1 aliphatic rings. The maximum Gasteiger partial charge on any atom is 0.387 e. The molecule has 2 aromatic carbocycles. The molecule has 0 N–H and O–H groups in total. The molecule has 0 saturated carbocycles. The number of hydrogen-bond acceptors (Lipinski definition) is 3. The number of ketones is 1. The van der Waals surface area contributed by atoms with Crippen molar-refractivity contribution in [1.29, 1.82) is 0 Å². The van der Waals surface area contributed by atoms with Crippen LogP contribution in [0.4, 0.5) is 17.6 Å². The summed E-state index contributed by atoms with van der Waals surface area (Å²) in [5.74, 6) is -2.83. The number of likely N-dealkylation sites (tertiary alicyclic amines) is 1. The summed E-state index contributed by atoms with van der Waals surface area (Å²) in [4.78, 5) is 26.4. The second kappa shape index (κ2) is 9.56. The van der Waals surface area contributed by atoms with Crippen LogP contribution in [0, 0.1) is 17.6 Å². The fourth-order valence-corrected chi connectivity index (χ4v) is 3.36. The molecule has 1 heterocycles. The summed E-state index contributed by atoms with van der Waals surface area (Å²) in [5.41, 5.74) is 0.0492. The molecule has 158 valence electrons. The van der Waals surface area contributed by atoms with E-state index in [0.29, 0.717) is 18.4 Å². The third-order valence-electron chi connectivity index (χ3n) is 4.91. The predicted molar refractivity (Wildman–Crippen MR) is 102 cm³/mol. The van der Waals surface area contributed by atoms with Crippen molar-refractivity contribution in [2.45, 2.75) is 19.5 Å². The van der Waals surface area contributed by atoms with Gasteiger partial charge in [-0.05, 0) is 43.2 Å². The van der Waals surface area contributed by atoms with E-state index in [4.69, 9.17) is 0 Å². The number of carbonyl (C=O) groups excluding carboxylic acids is 2. The van der Waals surface area contributed by atoms with Crippen molar-refractivity contribution < 1.29 is 31.9 Å². The zero-order chi connectivity index (χ0) is 21.7. The zero-order valence-electron chi connectivity index (χ0n) is 15.9. The van der Waals surface area contributed by atoms with E-state index in [1.807, 2.05) is 0 Å². The first kappa shape index (κ1) is 21.5. The average Bonchev–Trinajstić information content (AvgIpc) is 2.74. The van der Waals surface area contributed by atoms with Gasteiger partial charge in [0.1, 0.15) is 17.4 Å². The van der Waals surface area contributed by atoms with Crippen molar-refractivity contribution >= 4 is 17.8 Å². The Bertz CT molecular complexity index is 953. The Hall–Kier alpha value is -3.16. The molecule has 1 aliphatic heterocycles. The van der Waals surface area contributed by atoms with Gasteiger partial charge in [0.25, 0.3) is 0 Å². The molecule has 0 unspecified atom stereocenters. The molecule has 8 heteroatoms. The zero-order valence-corrected chi connectivity index (χ0v) is 15.9. The first-order chi connectivity index (χ1) is 14.3. The Morgan fingerprint density at radius 3 is 2.47 bits per heavy atom. The van der Waals surface area contributed by atoms with Crippen LogP contribution in [0.3, 0.4) is 0 Å². The second-order valence-corrected chi connectivity index (χ2v) is 6.84. The number of alkyl halides is 2. The number of Topliss-reactive ketones (excluding diaryl/α,β-unsaturated/α-hetero) is 1. The SMILES string of the molecule is O=C(c1cc(F)ccc1F)C1CCN(C(=O)/C=C/c2ccccc2OC(F)F)CC1. The summed E-state index contributed by atoms with van der Waals surface area (Å²) >= 11 is 0. The van der Waals surface area contributed by atoms with Crippen LogP contribution in [0.15, 0.2) is 48.5 Å². The van der Waals surface area contributed by atoms with Gasteiger partial charge in [0.05, 0.1) is 5.56 Å². The highest BCUT2D eigenvalue weighted by atomic mass is 19.3.